The molecule has 0 aliphatic carbocycles. The van der Waals surface area contributed by atoms with E-state index in [4.69, 9.17) is 9.47 Å². The van der Waals surface area contributed by atoms with Crippen LogP contribution in [0.5, 0.6) is 0 Å². The number of carbonyl (C=O) groups excluding carboxylic acids is 4. The lowest BCUT2D eigenvalue weighted by Crippen LogP contribution is -2.31. The quantitative estimate of drug-likeness (QED) is 0.382. The van der Waals surface area contributed by atoms with Crippen LogP contribution in [0.25, 0.3) is 0 Å². The number of anilines is 2. The molecule has 9 heteroatoms. The third kappa shape index (κ3) is 4.89. The second kappa shape index (κ2) is 9.86. The van der Waals surface area contributed by atoms with E-state index in [1.165, 1.54) is 17.0 Å². The van der Waals surface area contributed by atoms with Crippen LogP contribution in [0.1, 0.15) is 44.4 Å². The van der Waals surface area contributed by atoms with Gasteiger partial charge in [0.05, 0.1) is 29.0 Å². The number of fused-ring (bicyclic) bond motifs is 1. The van der Waals surface area contributed by atoms with Gasteiger partial charge in [0.25, 0.3) is 11.8 Å². The van der Waals surface area contributed by atoms with E-state index in [0.717, 1.165) is 0 Å². The third-order valence-electron chi connectivity index (χ3n) is 4.63. The van der Waals surface area contributed by atoms with Gasteiger partial charge in [-0.15, -0.1) is 0 Å². The summed E-state index contributed by atoms with van der Waals surface area (Å²) in [6.07, 6.45) is 0.537. The molecule has 0 bridgehead atoms. The standard InChI is InChI=1S/C22H23N3O6/c1-3-31-21(28)16-7-4-5-8-18(16)24-22(29)23-14-9-10-15-17(13-14)20(27)25(19(15)26)11-6-12-30-2/h4-5,7-10,13H,3,6,11-12H2,1-2H3,(H2,23,24,29). The van der Waals surface area contributed by atoms with E-state index in [-0.39, 0.29) is 35.9 Å². The molecule has 4 amide bonds. The van der Waals surface area contributed by atoms with Crippen molar-refractivity contribution in [2.75, 3.05) is 37.5 Å². The van der Waals surface area contributed by atoms with Crippen LogP contribution in [-0.2, 0) is 9.47 Å². The van der Waals surface area contributed by atoms with Gasteiger partial charge in [-0.25, -0.2) is 9.59 Å². The van der Waals surface area contributed by atoms with Crippen molar-refractivity contribution in [3.63, 3.8) is 0 Å². The molecule has 0 aromatic heterocycles. The Morgan fingerprint density at radius 2 is 1.74 bits per heavy atom. The molecule has 2 aromatic rings. The Balaban J connectivity index is 1.71. The van der Waals surface area contributed by atoms with Gasteiger partial charge in [-0.3, -0.25) is 14.5 Å². The Morgan fingerprint density at radius 3 is 2.48 bits per heavy atom. The first kappa shape index (κ1) is 22.0. The minimum Gasteiger partial charge on any atom is -0.462 e. The molecule has 31 heavy (non-hydrogen) atoms. The molecule has 0 unspecified atom stereocenters. The molecule has 1 aliphatic rings. The fraction of sp³-hybridized carbons (Fsp3) is 0.273. The van der Waals surface area contributed by atoms with Crippen molar-refractivity contribution < 1.29 is 28.7 Å². The number of hydrogen-bond donors (Lipinski definition) is 2. The van der Waals surface area contributed by atoms with Gasteiger partial charge in [-0.2, -0.15) is 0 Å². The van der Waals surface area contributed by atoms with Crippen LogP contribution in [0.4, 0.5) is 16.2 Å². The Bertz CT molecular complexity index is 1020. The molecule has 0 atom stereocenters. The normalized spacial score (nSPS) is 12.5. The molecule has 9 nitrogen and oxygen atoms in total. The van der Waals surface area contributed by atoms with Gasteiger partial charge in [-0.1, -0.05) is 12.1 Å². The highest BCUT2D eigenvalue weighted by atomic mass is 16.5. The number of urea groups is 1. The number of carbonyl (C=O) groups is 4. The Hall–Kier alpha value is -3.72. The summed E-state index contributed by atoms with van der Waals surface area (Å²) in [5.74, 6) is -1.32. The number of nitrogens with one attached hydrogen (secondary N) is 2. The number of hydrogen-bond acceptors (Lipinski definition) is 6. The largest absolute Gasteiger partial charge is 0.462 e. The molecular formula is C22H23N3O6. The fourth-order valence-corrected chi connectivity index (χ4v) is 3.20. The molecule has 1 heterocycles. The van der Waals surface area contributed by atoms with Crippen LogP contribution >= 0.6 is 0 Å². The lowest BCUT2D eigenvalue weighted by atomic mass is 10.1. The molecule has 0 saturated heterocycles. The molecule has 3 rings (SSSR count). The smallest absolute Gasteiger partial charge is 0.340 e. The van der Waals surface area contributed by atoms with Crippen LogP contribution < -0.4 is 10.6 Å². The molecule has 162 valence electrons. The highest BCUT2D eigenvalue weighted by molar-refractivity contribution is 6.22. The van der Waals surface area contributed by atoms with Crippen molar-refractivity contribution in [3.05, 3.63) is 59.2 Å². The lowest BCUT2D eigenvalue weighted by molar-refractivity contribution is 0.0526. The van der Waals surface area contributed by atoms with E-state index in [0.29, 0.717) is 24.3 Å². The Labute approximate surface area is 179 Å². The van der Waals surface area contributed by atoms with E-state index in [1.54, 1.807) is 44.4 Å². The summed E-state index contributed by atoms with van der Waals surface area (Å²) in [7, 11) is 1.55. The second-order valence-electron chi connectivity index (χ2n) is 6.71. The summed E-state index contributed by atoms with van der Waals surface area (Å²) >= 11 is 0. The maximum absolute atomic E-state index is 12.6. The molecule has 2 aromatic carbocycles. The molecule has 0 saturated carbocycles. The molecule has 0 fully saturated rings. The summed E-state index contributed by atoms with van der Waals surface area (Å²) in [6.45, 7) is 2.60. The van der Waals surface area contributed by atoms with Crippen LogP contribution in [0.15, 0.2) is 42.5 Å². The van der Waals surface area contributed by atoms with Crippen molar-refractivity contribution >= 4 is 35.2 Å². The van der Waals surface area contributed by atoms with Crippen molar-refractivity contribution in [2.45, 2.75) is 13.3 Å². The minimum absolute atomic E-state index is 0.212. The summed E-state index contributed by atoms with van der Waals surface area (Å²) in [5.41, 5.74) is 1.37. The topological polar surface area (TPSA) is 114 Å². The van der Waals surface area contributed by atoms with E-state index >= 15 is 0 Å². The average Bonchev–Trinajstić information content (AvgIpc) is 2.98. The first-order valence-electron chi connectivity index (χ1n) is 9.79. The average molecular weight is 425 g/mol. The molecule has 1 aliphatic heterocycles. The van der Waals surface area contributed by atoms with Crippen LogP contribution in [0.3, 0.4) is 0 Å². The third-order valence-corrected chi connectivity index (χ3v) is 4.63. The predicted molar refractivity (Wildman–Crippen MR) is 113 cm³/mol. The molecule has 0 spiro atoms. The number of benzene rings is 2. The maximum atomic E-state index is 12.6. The monoisotopic (exact) mass is 425 g/mol. The summed E-state index contributed by atoms with van der Waals surface area (Å²) in [4.78, 5) is 50.7. The van der Waals surface area contributed by atoms with E-state index in [2.05, 4.69) is 10.6 Å². The van der Waals surface area contributed by atoms with E-state index in [9.17, 15) is 19.2 Å². The van der Waals surface area contributed by atoms with Gasteiger partial charge in [0.15, 0.2) is 0 Å². The fourth-order valence-electron chi connectivity index (χ4n) is 3.20. The number of ether oxygens (including phenoxy) is 2. The molecule has 2 N–H and O–H groups in total. The SMILES string of the molecule is CCOC(=O)c1ccccc1NC(=O)Nc1ccc2c(c1)C(=O)N(CCCOC)C2=O. The molecule has 0 radical (unpaired) electrons. The van der Waals surface area contributed by atoms with Gasteiger partial charge in [-0.05, 0) is 43.7 Å². The predicted octanol–water partition coefficient (Wildman–Crippen LogP) is 3.14. The maximum Gasteiger partial charge on any atom is 0.340 e. The Kier molecular flexibility index (Phi) is 6.99. The van der Waals surface area contributed by atoms with Gasteiger partial charge in [0.2, 0.25) is 0 Å². The number of methoxy groups -OCH3 is 1. The van der Waals surface area contributed by atoms with Crippen molar-refractivity contribution in [2.24, 2.45) is 0 Å². The summed E-state index contributed by atoms with van der Waals surface area (Å²) in [6, 6.07) is 10.4. The van der Waals surface area contributed by atoms with Gasteiger partial charge in [0.1, 0.15) is 0 Å². The molecular weight excluding hydrogens is 402 g/mol. The van der Waals surface area contributed by atoms with Crippen LogP contribution in [0, 0.1) is 0 Å². The van der Waals surface area contributed by atoms with Gasteiger partial charge < -0.3 is 20.1 Å². The zero-order valence-electron chi connectivity index (χ0n) is 17.3. The number of imide groups is 1. The van der Waals surface area contributed by atoms with Gasteiger partial charge >= 0.3 is 12.0 Å². The van der Waals surface area contributed by atoms with Gasteiger partial charge in [0, 0.05) is 25.9 Å². The van der Waals surface area contributed by atoms with Crippen molar-refractivity contribution in [1.29, 1.82) is 0 Å². The second-order valence-corrected chi connectivity index (χ2v) is 6.71. The lowest BCUT2D eigenvalue weighted by Gasteiger charge is -2.12. The minimum atomic E-state index is -0.606. The first-order chi connectivity index (χ1) is 15.0. The van der Waals surface area contributed by atoms with E-state index in [1.807, 2.05) is 0 Å². The number of para-hydroxylation sites is 1. The first-order valence-corrected chi connectivity index (χ1v) is 9.79. The highest BCUT2D eigenvalue weighted by Gasteiger charge is 2.35. The van der Waals surface area contributed by atoms with E-state index < -0.39 is 17.9 Å². The van der Waals surface area contributed by atoms with Crippen LogP contribution in [0.2, 0.25) is 0 Å². The highest BCUT2D eigenvalue weighted by Crippen LogP contribution is 2.26. The summed E-state index contributed by atoms with van der Waals surface area (Å²) in [5, 5.41) is 5.22. The number of rotatable bonds is 8. The van der Waals surface area contributed by atoms with Crippen LogP contribution in [-0.4, -0.2) is 55.6 Å². The zero-order valence-corrected chi connectivity index (χ0v) is 17.3. The zero-order chi connectivity index (χ0) is 22.4. The number of nitrogens with zero attached hydrogens (tertiary/aromatic N) is 1. The summed E-state index contributed by atoms with van der Waals surface area (Å²) < 4.78 is 9.96. The Morgan fingerprint density at radius 1 is 1.00 bits per heavy atom. The number of amides is 4. The number of esters is 1. The van der Waals surface area contributed by atoms with Crippen molar-refractivity contribution in [1.82, 2.24) is 4.90 Å². The van der Waals surface area contributed by atoms with Crippen molar-refractivity contribution in [3.8, 4) is 0 Å².